The second kappa shape index (κ2) is 8.11. The van der Waals surface area contributed by atoms with Gasteiger partial charge in [-0.1, -0.05) is 0 Å². The molecule has 2 aliphatic rings. The van der Waals surface area contributed by atoms with Gasteiger partial charge in [-0.3, -0.25) is 4.99 Å². The lowest BCUT2D eigenvalue weighted by Gasteiger charge is -2.38. The largest absolute Gasteiger partial charge is 0.492 e. The van der Waals surface area contributed by atoms with E-state index in [0.29, 0.717) is 40.8 Å². The number of hydrogen-bond acceptors (Lipinski definition) is 9. The molecule has 3 heterocycles. The number of hydrogen-bond donors (Lipinski definition) is 2. The average Bonchev–Trinajstić information content (AvgIpc) is 3.62. The number of amidine groups is 1. The Morgan fingerprint density at radius 3 is 2.66 bits per heavy atom. The summed E-state index contributed by atoms with van der Waals surface area (Å²) in [5.74, 6) is 0.695. The summed E-state index contributed by atoms with van der Waals surface area (Å²) in [7, 11) is -3.68. The Hall–Kier alpha value is -3.34. The molecule has 0 bridgehead atoms. The van der Waals surface area contributed by atoms with Crippen LogP contribution in [0, 0.1) is 11.7 Å². The van der Waals surface area contributed by atoms with Gasteiger partial charge in [0.2, 0.25) is 0 Å². The van der Waals surface area contributed by atoms with Crippen LogP contribution in [0.25, 0.3) is 11.0 Å². The Bertz CT molecular complexity index is 1450. The molecule has 0 saturated heterocycles. The molecule has 0 spiro atoms. The minimum Gasteiger partial charge on any atom is -0.492 e. The van der Waals surface area contributed by atoms with Crippen LogP contribution in [-0.4, -0.2) is 46.3 Å². The van der Waals surface area contributed by atoms with Crippen molar-refractivity contribution in [2.24, 2.45) is 16.6 Å². The van der Waals surface area contributed by atoms with Crippen molar-refractivity contribution in [1.82, 2.24) is 15.0 Å². The Kier molecular flexibility index (Phi) is 5.42. The molecule has 5 rings (SSSR count). The second-order valence-corrected chi connectivity index (χ2v) is 12.4. The van der Waals surface area contributed by atoms with Crippen molar-refractivity contribution >= 4 is 38.2 Å². The Morgan fingerprint density at radius 1 is 1.17 bits per heavy atom. The summed E-state index contributed by atoms with van der Waals surface area (Å²) in [5.41, 5.74) is 6.38. The number of halogens is 1. The number of nitrogens with zero attached hydrogens (tertiary/aromatic N) is 4. The van der Waals surface area contributed by atoms with Gasteiger partial charge in [0.05, 0.1) is 24.1 Å². The predicted molar refractivity (Wildman–Crippen MR) is 132 cm³/mol. The van der Waals surface area contributed by atoms with Crippen molar-refractivity contribution in [3.63, 3.8) is 0 Å². The molecule has 0 amide bonds. The van der Waals surface area contributed by atoms with E-state index in [2.05, 4.69) is 25.3 Å². The van der Waals surface area contributed by atoms with Crippen molar-refractivity contribution in [3.8, 4) is 5.75 Å². The lowest BCUT2D eigenvalue weighted by molar-refractivity contribution is 0.299. The first-order valence-electron chi connectivity index (χ1n) is 11.4. The SMILES string of the molecule is CC1(C)C(N)=N[C@](C)(c2cc(Nc3ncnc4cc(OCC5CC5)cnc34)ccc2F)CS1(=O)=O. The van der Waals surface area contributed by atoms with E-state index in [9.17, 15) is 12.8 Å². The van der Waals surface area contributed by atoms with Crippen molar-refractivity contribution in [2.75, 3.05) is 17.7 Å². The summed E-state index contributed by atoms with van der Waals surface area (Å²) in [6.07, 6.45) is 5.42. The lowest BCUT2D eigenvalue weighted by atomic mass is 9.92. The lowest BCUT2D eigenvalue weighted by Crippen LogP contribution is -2.54. The van der Waals surface area contributed by atoms with E-state index in [1.165, 1.54) is 51.2 Å². The maximum Gasteiger partial charge on any atom is 0.165 e. The maximum absolute atomic E-state index is 15.0. The van der Waals surface area contributed by atoms with E-state index in [0.717, 1.165) is 0 Å². The van der Waals surface area contributed by atoms with Gasteiger partial charge >= 0.3 is 0 Å². The third-order valence-electron chi connectivity index (χ3n) is 6.68. The topological polar surface area (TPSA) is 132 Å². The molecule has 9 nitrogen and oxygen atoms in total. The van der Waals surface area contributed by atoms with Crippen LogP contribution in [0.2, 0.25) is 0 Å². The highest BCUT2D eigenvalue weighted by atomic mass is 32.2. The van der Waals surface area contributed by atoms with Gasteiger partial charge in [-0.25, -0.2) is 27.8 Å². The summed E-state index contributed by atoms with van der Waals surface area (Å²) in [5, 5.41) is 3.15. The van der Waals surface area contributed by atoms with Crippen molar-refractivity contribution in [3.05, 3.63) is 48.2 Å². The highest BCUT2D eigenvalue weighted by Crippen LogP contribution is 2.39. The smallest absolute Gasteiger partial charge is 0.165 e. The Morgan fingerprint density at radius 2 is 1.94 bits per heavy atom. The fourth-order valence-corrected chi connectivity index (χ4v) is 5.71. The normalized spacial score (nSPS) is 23.0. The molecule has 1 atom stereocenters. The summed E-state index contributed by atoms with van der Waals surface area (Å²) in [4.78, 5) is 17.5. The second-order valence-electron chi connectivity index (χ2n) is 9.88. The molecule has 0 unspecified atom stereocenters. The molecule has 1 aliphatic carbocycles. The van der Waals surface area contributed by atoms with E-state index >= 15 is 0 Å². The monoisotopic (exact) mass is 498 g/mol. The molecule has 184 valence electrons. The quantitative estimate of drug-likeness (QED) is 0.528. The van der Waals surface area contributed by atoms with Gasteiger partial charge in [0.25, 0.3) is 0 Å². The zero-order valence-corrected chi connectivity index (χ0v) is 20.6. The maximum atomic E-state index is 15.0. The zero-order chi connectivity index (χ0) is 25.0. The molecule has 3 aromatic rings. The van der Waals surface area contributed by atoms with Crippen molar-refractivity contribution in [2.45, 2.75) is 43.9 Å². The minimum absolute atomic E-state index is 0.0466. The number of rotatable bonds is 6. The van der Waals surface area contributed by atoms with Crippen LogP contribution >= 0.6 is 0 Å². The van der Waals surface area contributed by atoms with Crippen molar-refractivity contribution < 1.29 is 17.5 Å². The first-order chi connectivity index (χ1) is 16.5. The number of pyridine rings is 1. The number of sulfone groups is 1. The third kappa shape index (κ3) is 4.29. The molecule has 0 radical (unpaired) electrons. The summed E-state index contributed by atoms with van der Waals surface area (Å²) in [6.45, 7) is 5.25. The number of anilines is 2. The molecule has 1 aliphatic heterocycles. The molecule has 11 heteroatoms. The molecule has 3 N–H and O–H groups in total. The zero-order valence-electron chi connectivity index (χ0n) is 19.7. The summed E-state index contributed by atoms with van der Waals surface area (Å²) < 4.78 is 45.3. The molecule has 1 saturated carbocycles. The van der Waals surface area contributed by atoms with E-state index in [1.54, 1.807) is 19.2 Å². The van der Waals surface area contributed by atoms with E-state index in [-0.39, 0.29) is 17.2 Å². The number of aromatic nitrogens is 3. The molecule has 1 fully saturated rings. The Labute approximate surface area is 203 Å². The molecule has 35 heavy (non-hydrogen) atoms. The highest BCUT2D eigenvalue weighted by Gasteiger charge is 2.49. The predicted octanol–water partition coefficient (Wildman–Crippen LogP) is 3.48. The van der Waals surface area contributed by atoms with Crippen LogP contribution in [-0.2, 0) is 15.4 Å². The summed E-state index contributed by atoms with van der Waals surface area (Å²) >= 11 is 0. The molecular formula is C24H27FN6O3S. The van der Waals surface area contributed by atoms with Crippen molar-refractivity contribution in [1.29, 1.82) is 0 Å². The number of benzene rings is 1. The molecule has 2 aromatic heterocycles. The number of aliphatic imine (C=N–C) groups is 1. The minimum atomic E-state index is -3.68. The highest BCUT2D eigenvalue weighted by molar-refractivity contribution is 7.93. The van der Waals surface area contributed by atoms with Gasteiger partial charge in [-0.15, -0.1) is 0 Å². The fraction of sp³-hybridized carbons (Fsp3) is 0.417. The number of nitrogens with two attached hydrogens (primary N) is 1. The first kappa shape index (κ1) is 23.4. The first-order valence-corrected chi connectivity index (χ1v) is 13.0. The Balaban J connectivity index is 1.47. The van der Waals surface area contributed by atoms with Gasteiger partial charge in [-0.2, -0.15) is 0 Å². The third-order valence-corrected chi connectivity index (χ3v) is 9.38. The standard InChI is InChI=1S/C24H27FN6O3S/c1-23(2)22(26)31-24(3,12-35(23,32)33)17-8-15(6-7-18(17)25)30-21-20-19(28-13-29-21)9-16(10-27-20)34-11-14-4-5-14/h6-10,13-14H,4-5,11-12H2,1-3H3,(H2,26,31)(H,28,29,30)/t24-/m0/s1. The van der Waals surface area contributed by atoms with Crippen LogP contribution in [0.15, 0.2) is 41.8 Å². The molecule has 1 aromatic carbocycles. The van der Waals surface area contributed by atoms with E-state index in [4.69, 9.17) is 10.5 Å². The van der Waals surface area contributed by atoms with Crippen LogP contribution in [0.3, 0.4) is 0 Å². The van der Waals surface area contributed by atoms with Crippen LogP contribution < -0.4 is 15.8 Å². The fourth-order valence-electron chi connectivity index (χ4n) is 4.03. The van der Waals surface area contributed by atoms with E-state index in [1.807, 2.05) is 0 Å². The van der Waals surface area contributed by atoms with Crippen LogP contribution in [0.1, 0.15) is 39.2 Å². The summed E-state index contributed by atoms with van der Waals surface area (Å²) in [6, 6.07) is 6.14. The van der Waals surface area contributed by atoms with Crippen LogP contribution in [0.4, 0.5) is 15.9 Å². The van der Waals surface area contributed by atoms with Gasteiger partial charge in [0, 0.05) is 17.3 Å². The van der Waals surface area contributed by atoms with E-state index < -0.39 is 25.9 Å². The van der Waals surface area contributed by atoms with Gasteiger partial charge < -0.3 is 15.8 Å². The number of fused-ring (bicyclic) bond motifs is 1. The van der Waals surface area contributed by atoms with Crippen LogP contribution in [0.5, 0.6) is 5.75 Å². The molecular weight excluding hydrogens is 471 g/mol. The van der Waals surface area contributed by atoms with Gasteiger partial charge in [-0.05, 0) is 57.7 Å². The average molecular weight is 499 g/mol. The van der Waals surface area contributed by atoms with Gasteiger partial charge in [0.1, 0.15) is 39.5 Å². The number of nitrogens with one attached hydrogen (secondary N) is 1. The van der Waals surface area contributed by atoms with Gasteiger partial charge in [0.15, 0.2) is 15.7 Å². The number of ether oxygens (including phenoxy) is 1.